The van der Waals surface area contributed by atoms with Crippen LogP contribution in [0.1, 0.15) is 37.8 Å². The number of piperidine rings is 1. The molecule has 0 aromatic heterocycles. The third-order valence-corrected chi connectivity index (χ3v) is 4.57. The Morgan fingerprint density at radius 2 is 2.16 bits per heavy atom. The van der Waals surface area contributed by atoms with E-state index in [0.717, 1.165) is 17.1 Å². The Balaban J connectivity index is 1.91. The van der Waals surface area contributed by atoms with E-state index in [2.05, 4.69) is 24.2 Å². The largest absolute Gasteiger partial charge is 0.309 e. The lowest BCUT2D eigenvalue weighted by Gasteiger charge is -2.33. The van der Waals surface area contributed by atoms with Crippen LogP contribution in [0.4, 0.5) is 0 Å². The van der Waals surface area contributed by atoms with Gasteiger partial charge in [-0.25, -0.2) is 0 Å². The standard InChI is InChI=1S/C15H22Cl2N2/c1-11(14-7-6-12(16)9-15(14)17)18-10-13-5-3-4-8-19(13)2/h6-7,9,11,13,18H,3-5,8,10H2,1-2H3. The summed E-state index contributed by atoms with van der Waals surface area (Å²) in [5, 5.41) is 5.02. The van der Waals surface area contributed by atoms with Gasteiger partial charge in [-0.3, -0.25) is 0 Å². The predicted octanol–water partition coefficient (Wildman–Crippen LogP) is 4.13. The Hall–Kier alpha value is -0.280. The molecule has 0 spiro atoms. The molecule has 1 aromatic rings. The van der Waals surface area contributed by atoms with Crippen molar-refractivity contribution in [2.24, 2.45) is 0 Å². The van der Waals surface area contributed by atoms with Crippen LogP contribution in [-0.2, 0) is 0 Å². The van der Waals surface area contributed by atoms with Gasteiger partial charge in [0, 0.05) is 28.7 Å². The van der Waals surface area contributed by atoms with Gasteiger partial charge in [0.15, 0.2) is 0 Å². The molecule has 0 radical (unpaired) electrons. The third kappa shape index (κ3) is 4.09. The van der Waals surface area contributed by atoms with Gasteiger partial charge in [0.1, 0.15) is 0 Å². The molecule has 0 aliphatic carbocycles. The maximum atomic E-state index is 6.24. The predicted molar refractivity (Wildman–Crippen MR) is 83.1 cm³/mol. The topological polar surface area (TPSA) is 15.3 Å². The molecule has 1 fully saturated rings. The first-order valence-corrected chi connectivity index (χ1v) is 7.72. The molecule has 106 valence electrons. The molecule has 4 heteroatoms. The molecule has 0 amide bonds. The Bertz CT molecular complexity index is 423. The van der Waals surface area contributed by atoms with Crippen LogP contribution >= 0.6 is 23.2 Å². The van der Waals surface area contributed by atoms with Crippen molar-refractivity contribution in [2.75, 3.05) is 20.1 Å². The van der Waals surface area contributed by atoms with Gasteiger partial charge in [0.05, 0.1) is 0 Å². The first kappa shape index (κ1) is 15.1. The van der Waals surface area contributed by atoms with E-state index >= 15 is 0 Å². The first-order chi connectivity index (χ1) is 9.08. The van der Waals surface area contributed by atoms with Gasteiger partial charge < -0.3 is 10.2 Å². The zero-order valence-electron chi connectivity index (χ0n) is 11.6. The highest BCUT2D eigenvalue weighted by atomic mass is 35.5. The number of rotatable bonds is 4. The van der Waals surface area contributed by atoms with Crippen molar-refractivity contribution in [3.05, 3.63) is 33.8 Å². The molecule has 1 aliphatic rings. The molecule has 0 bridgehead atoms. The summed E-state index contributed by atoms with van der Waals surface area (Å²) in [6.45, 7) is 4.37. The minimum Gasteiger partial charge on any atom is -0.309 e. The molecule has 1 heterocycles. The molecular formula is C15H22Cl2N2. The van der Waals surface area contributed by atoms with E-state index in [-0.39, 0.29) is 6.04 Å². The number of likely N-dealkylation sites (tertiary alicyclic amines) is 1. The maximum Gasteiger partial charge on any atom is 0.0468 e. The fourth-order valence-electron chi connectivity index (χ4n) is 2.68. The van der Waals surface area contributed by atoms with E-state index in [1.807, 2.05) is 18.2 Å². The van der Waals surface area contributed by atoms with E-state index in [0.29, 0.717) is 11.1 Å². The molecule has 1 N–H and O–H groups in total. The number of benzene rings is 1. The number of nitrogens with zero attached hydrogens (tertiary/aromatic N) is 1. The summed E-state index contributed by atoms with van der Waals surface area (Å²) in [6.07, 6.45) is 3.95. The molecule has 2 nitrogen and oxygen atoms in total. The highest BCUT2D eigenvalue weighted by Gasteiger charge is 2.19. The third-order valence-electron chi connectivity index (χ3n) is 4.01. The van der Waals surface area contributed by atoms with Crippen LogP contribution in [0.3, 0.4) is 0 Å². The van der Waals surface area contributed by atoms with Crippen LogP contribution in [-0.4, -0.2) is 31.1 Å². The Morgan fingerprint density at radius 1 is 1.37 bits per heavy atom. The summed E-state index contributed by atoms with van der Waals surface area (Å²) in [6, 6.07) is 6.60. The van der Waals surface area contributed by atoms with E-state index in [1.165, 1.54) is 25.8 Å². The lowest BCUT2D eigenvalue weighted by molar-refractivity contribution is 0.178. The van der Waals surface area contributed by atoms with Crippen molar-refractivity contribution < 1.29 is 0 Å². The van der Waals surface area contributed by atoms with E-state index in [4.69, 9.17) is 23.2 Å². The molecular weight excluding hydrogens is 279 g/mol. The SMILES string of the molecule is CC(NCC1CCCCN1C)c1ccc(Cl)cc1Cl. The van der Waals surface area contributed by atoms with Crippen LogP contribution in [0.5, 0.6) is 0 Å². The van der Waals surface area contributed by atoms with Gasteiger partial charge in [-0.1, -0.05) is 35.7 Å². The monoisotopic (exact) mass is 300 g/mol. The lowest BCUT2D eigenvalue weighted by atomic mass is 10.0. The van der Waals surface area contributed by atoms with Gasteiger partial charge in [-0.2, -0.15) is 0 Å². The van der Waals surface area contributed by atoms with Crippen LogP contribution in [0.15, 0.2) is 18.2 Å². The van der Waals surface area contributed by atoms with Crippen LogP contribution in [0.2, 0.25) is 10.0 Å². The van der Waals surface area contributed by atoms with Crippen molar-refractivity contribution in [1.82, 2.24) is 10.2 Å². The average molecular weight is 301 g/mol. The van der Waals surface area contributed by atoms with Gasteiger partial charge >= 0.3 is 0 Å². The summed E-state index contributed by atoms with van der Waals surface area (Å²) in [7, 11) is 2.21. The Labute approximate surface area is 126 Å². The maximum absolute atomic E-state index is 6.24. The van der Waals surface area contributed by atoms with Crippen molar-refractivity contribution in [1.29, 1.82) is 0 Å². The fourth-order valence-corrected chi connectivity index (χ4v) is 3.25. The normalized spacial score (nSPS) is 22.4. The van der Waals surface area contributed by atoms with Crippen LogP contribution in [0.25, 0.3) is 0 Å². The van der Waals surface area contributed by atoms with Crippen molar-refractivity contribution in [2.45, 2.75) is 38.3 Å². The summed E-state index contributed by atoms with van der Waals surface area (Å²) >= 11 is 12.2. The Kier molecular flexibility index (Phi) is 5.52. The smallest absolute Gasteiger partial charge is 0.0468 e. The molecule has 2 atom stereocenters. The van der Waals surface area contributed by atoms with Crippen LogP contribution in [0, 0.1) is 0 Å². The summed E-state index contributed by atoms with van der Waals surface area (Å²) < 4.78 is 0. The van der Waals surface area contributed by atoms with E-state index in [1.54, 1.807) is 0 Å². The number of halogens is 2. The minimum absolute atomic E-state index is 0.250. The van der Waals surface area contributed by atoms with Crippen molar-refractivity contribution in [3.63, 3.8) is 0 Å². The number of hydrogen-bond donors (Lipinski definition) is 1. The summed E-state index contributed by atoms with van der Waals surface area (Å²) in [5.74, 6) is 0. The Morgan fingerprint density at radius 3 is 2.84 bits per heavy atom. The van der Waals surface area contributed by atoms with E-state index in [9.17, 15) is 0 Å². The van der Waals surface area contributed by atoms with Crippen LogP contribution < -0.4 is 5.32 Å². The second-order valence-corrected chi connectivity index (χ2v) is 6.27. The molecule has 0 saturated carbocycles. The minimum atomic E-state index is 0.250. The van der Waals surface area contributed by atoms with Gasteiger partial charge in [0.2, 0.25) is 0 Å². The number of nitrogens with one attached hydrogen (secondary N) is 1. The first-order valence-electron chi connectivity index (χ1n) is 6.96. The number of likely N-dealkylation sites (N-methyl/N-ethyl adjacent to an activating group) is 1. The highest BCUT2D eigenvalue weighted by molar-refractivity contribution is 6.35. The second kappa shape index (κ2) is 6.94. The summed E-state index contributed by atoms with van der Waals surface area (Å²) in [4.78, 5) is 2.45. The lowest BCUT2D eigenvalue weighted by Crippen LogP contribution is -2.43. The average Bonchev–Trinajstić information content (AvgIpc) is 2.37. The van der Waals surface area contributed by atoms with Gasteiger partial charge in [-0.15, -0.1) is 0 Å². The quantitative estimate of drug-likeness (QED) is 0.899. The molecule has 1 aromatic carbocycles. The number of hydrogen-bond acceptors (Lipinski definition) is 2. The van der Waals surface area contributed by atoms with Crippen molar-refractivity contribution >= 4 is 23.2 Å². The molecule has 1 aliphatic heterocycles. The second-order valence-electron chi connectivity index (χ2n) is 5.43. The van der Waals surface area contributed by atoms with Gasteiger partial charge in [0.25, 0.3) is 0 Å². The fraction of sp³-hybridized carbons (Fsp3) is 0.600. The zero-order chi connectivity index (χ0) is 13.8. The highest BCUT2D eigenvalue weighted by Crippen LogP contribution is 2.26. The molecule has 2 rings (SSSR count). The van der Waals surface area contributed by atoms with Gasteiger partial charge in [-0.05, 0) is 51.1 Å². The molecule has 2 unspecified atom stereocenters. The zero-order valence-corrected chi connectivity index (χ0v) is 13.1. The molecule has 19 heavy (non-hydrogen) atoms. The van der Waals surface area contributed by atoms with E-state index < -0.39 is 0 Å². The molecule has 1 saturated heterocycles. The van der Waals surface area contributed by atoms with Crippen molar-refractivity contribution in [3.8, 4) is 0 Å². The summed E-state index contributed by atoms with van der Waals surface area (Å²) in [5.41, 5.74) is 1.12.